The second-order valence-corrected chi connectivity index (χ2v) is 7.75. The first kappa shape index (κ1) is 17.2. The lowest BCUT2D eigenvalue weighted by Crippen LogP contribution is -2.42. The zero-order valence-electron chi connectivity index (χ0n) is 13.7. The van der Waals surface area contributed by atoms with Gasteiger partial charge in [-0.05, 0) is 26.3 Å². The smallest absolute Gasteiger partial charge is 0.408 e. The van der Waals surface area contributed by atoms with Gasteiger partial charge in [0.15, 0.2) is 0 Å². The van der Waals surface area contributed by atoms with E-state index < -0.39 is 5.60 Å². The molecule has 22 heavy (non-hydrogen) atoms. The summed E-state index contributed by atoms with van der Waals surface area (Å²) in [5.41, 5.74) is 0.638. The summed E-state index contributed by atoms with van der Waals surface area (Å²) in [5.74, 6) is 2.32. The van der Waals surface area contributed by atoms with Gasteiger partial charge in [0.1, 0.15) is 5.60 Å². The summed E-state index contributed by atoms with van der Waals surface area (Å²) in [7, 11) is 0. The third-order valence-corrected chi connectivity index (χ3v) is 4.38. The average Bonchev–Trinajstić information content (AvgIpc) is 2.47. The van der Waals surface area contributed by atoms with E-state index in [-0.39, 0.29) is 12.1 Å². The molecule has 0 aliphatic carbocycles. The lowest BCUT2D eigenvalue weighted by atomic mass is 10.1. The molecule has 1 heterocycles. The molecule has 2 rings (SSSR count). The summed E-state index contributed by atoms with van der Waals surface area (Å²) in [6, 6.07) is 10.1. The molecular formula is C17H26N2O2S. The van der Waals surface area contributed by atoms with Crippen LogP contribution in [-0.4, -0.2) is 47.7 Å². The van der Waals surface area contributed by atoms with Crippen LogP contribution >= 0.6 is 11.8 Å². The minimum atomic E-state index is -0.479. The van der Waals surface area contributed by atoms with Crippen LogP contribution in [0.4, 0.5) is 4.79 Å². The number of nitrogens with one attached hydrogen (secondary N) is 1. The van der Waals surface area contributed by atoms with Crippen LogP contribution in [0.3, 0.4) is 0 Å². The number of ether oxygens (including phenoxy) is 1. The van der Waals surface area contributed by atoms with Crippen molar-refractivity contribution in [2.24, 2.45) is 0 Å². The van der Waals surface area contributed by atoms with Gasteiger partial charge in [0, 0.05) is 31.1 Å². The number of amides is 1. The van der Waals surface area contributed by atoms with Crippen LogP contribution in [0.1, 0.15) is 32.4 Å². The number of hydrogen-bond donors (Lipinski definition) is 1. The van der Waals surface area contributed by atoms with Crippen LogP contribution < -0.4 is 5.32 Å². The number of hydrogen-bond acceptors (Lipinski definition) is 4. The molecule has 1 amide bonds. The Bertz CT molecular complexity index is 467. The van der Waals surface area contributed by atoms with E-state index >= 15 is 0 Å². The van der Waals surface area contributed by atoms with Crippen molar-refractivity contribution >= 4 is 17.9 Å². The molecule has 5 heteroatoms. The molecule has 1 N–H and O–H groups in total. The van der Waals surface area contributed by atoms with Gasteiger partial charge in [-0.3, -0.25) is 4.90 Å². The first-order valence-electron chi connectivity index (χ1n) is 7.78. The Morgan fingerprint density at radius 1 is 1.27 bits per heavy atom. The third kappa shape index (κ3) is 5.89. The summed E-state index contributed by atoms with van der Waals surface area (Å²) >= 11 is 1.99. The molecule has 122 valence electrons. The summed E-state index contributed by atoms with van der Waals surface area (Å²) in [5, 5.41) is 3.03. The first-order valence-corrected chi connectivity index (χ1v) is 8.94. The maximum absolute atomic E-state index is 12.1. The molecule has 0 bridgehead atoms. The lowest BCUT2D eigenvalue weighted by molar-refractivity contribution is 0.0491. The molecule has 0 aromatic heterocycles. The van der Waals surface area contributed by atoms with Crippen LogP contribution in [0.25, 0.3) is 0 Å². The highest BCUT2D eigenvalue weighted by Crippen LogP contribution is 2.18. The van der Waals surface area contributed by atoms with Crippen molar-refractivity contribution in [1.82, 2.24) is 10.2 Å². The van der Waals surface area contributed by atoms with Gasteiger partial charge in [0.2, 0.25) is 0 Å². The number of benzene rings is 1. The highest BCUT2D eigenvalue weighted by Gasteiger charge is 2.23. The molecule has 1 aliphatic heterocycles. The second kappa shape index (κ2) is 7.88. The zero-order valence-corrected chi connectivity index (χ0v) is 14.5. The van der Waals surface area contributed by atoms with E-state index in [2.05, 4.69) is 22.3 Å². The number of carbonyl (C=O) groups excluding carboxylic acids is 1. The Hall–Kier alpha value is -1.20. The quantitative estimate of drug-likeness (QED) is 0.923. The summed E-state index contributed by atoms with van der Waals surface area (Å²) < 4.78 is 5.41. The maximum Gasteiger partial charge on any atom is 0.408 e. The molecule has 0 radical (unpaired) electrons. The summed E-state index contributed by atoms with van der Waals surface area (Å²) in [6.45, 7) is 8.61. The minimum Gasteiger partial charge on any atom is -0.444 e. The van der Waals surface area contributed by atoms with Crippen LogP contribution in [0.5, 0.6) is 0 Å². The van der Waals surface area contributed by atoms with Gasteiger partial charge in [-0.25, -0.2) is 4.79 Å². The van der Waals surface area contributed by atoms with Gasteiger partial charge in [0.25, 0.3) is 0 Å². The van der Waals surface area contributed by atoms with Crippen molar-refractivity contribution in [3.63, 3.8) is 0 Å². The number of nitrogens with zero attached hydrogens (tertiary/aromatic N) is 1. The number of rotatable bonds is 4. The fourth-order valence-electron chi connectivity index (χ4n) is 2.41. The van der Waals surface area contributed by atoms with E-state index in [1.54, 1.807) is 0 Å². The van der Waals surface area contributed by atoms with Crippen molar-refractivity contribution in [2.75, 3.05) is 31.1 Å². The number of carbonyl (C=O) groups is 1. The molecule has 1 saturated heterocycles. The van der Waals surface area contributed by atoms with Crippen LogP contribution in [0.15, 0.2) is 30.3 Å². The Kier molecular flexibility index (Phi) is 6.15. The highest BCUT2D eigenvalue weighted by atomic mass is 32.2. The molecule has 1 atom stereocenters. The van der Waals surface area contributed by atoms with Crippen LogP contribution in [0, 0.1) is 0 Å². The Morgan fingerprint density at radius 3 is 2.50 bits per heavy atom. The summed E-state index contributed by atoms with van der Waals surface area (Å²) in [6.07, 6.45) is -0.354. The molecule has 0 unspecified atom stereocenters. The normalized spacial score (nSPS) is 17.8. The SMILES string of the molecule is CC(C)(C)OC(=O)N[C@@H](CN1CCSCC1)c1ccccc1. The molecule has 1 aliphatic rings. The van der Waals surface area contributed by atoms with E-state index in [0.29, 0.717) is 0 Å². The standard InChI is InChI=1S/C17H26N2O2S/c1-17(2,3)21-16(20)18-15(14-7-5-4-6-8-14)13-19-9-11-22-12-10-19/h4-8,15H,9-13H2,1-3H3,(H,18,20)/t15-/m0/s1. The minimum absolute atomic E-state index is 0.0425. The molecular weight excluding hydrogens is 296 g/mol. The van der Waals surface area contributed by atoms with E-state index in [0.717, 1.165) is 36.7 Å². The molecule has 0 saturated carbocycles. The van der Waals surface area contributed by atoms with Crippen molar-refractivity contribution in [1.29, 1.82) is 0 Å². The van der Waals surface area contributed by atoms with E-state index in [1.807, 2.05) is 50.7 Å². The monoisotopic (exact) mass is 322 g/mol. The second-order valence-electron chi connectivity index (χ2n) is 6.52. The highest BCUT2D eigenvalue weighted by molar-refractivity contribution is 7.99. The van der Waals surface area contributed by atoms with Gasteiger partial charge in [0.05, 0.1) is 6.04 Å². The topological polar surface area (TPSA) is 41.6 Å². The van der Waals surface area contributed by atoms with Gasteiger partial charge >= 0.3 is 6.09 Å². The van der Waals surface area contributed by atoms with Gasteiger partial charge in [-0.1, -0.05) is 30.3 Å². The Morgan fingerprint density at radius 2 is 1.91 bits per heavy atom. The fraction of sp³-hybridized carbons (Fsp3) is 0.588. The van der Waals surface area contributed by atoms with Gasteiger partial charge < -0.3 is 10.1 Å². The van der Waals surface area contributed by atoms with Gasteiger partial charge in [-0.15, -0.1) is 0 Å². The molecule has 0 spiro atoms. The molecule has 1 aromatic rings. The van der Waals surface area contributed by atoms with Crippen molar-refractivity contribution in [3.8, 4) is 0 Å². The maximum atomic E-state index is 12.1. The first-order chi connectivity index (χ1) is 10.4. The largest absolute Gasteiger partial charge is 0.444 e. The van der Waals surface area contributed by atoms with Crippen molar-refractivity contribution < 1.29 is 9.53 Å². The van der Waals surface area contributed by atoms with Crippen molar-refractivity contribution in [2.45, 2.75) is 32.4 Å². The van der Waals surface area contributed by atoms with Crippen LogP contribution in [0.2, 0.25) is 0 Å². The number of thioether (sulfide) groups is 1. The average molecular weight is 322 g/mol. The van der Waals surface area contributed by atoms with Gasteiger partial charge in [-0.2, -0.15) is 11.8 Å². The van der Waals surface area contributed by atoms with Crippen molar-refractivity contribution in [3.05, 3.63) is 35.9 Å². The molecule has 1 aromatic carbocycles. The van der Waals surface area contributed by atoms with Crippen LogP contribution in [-0.2, 0) is 4.74 Å². The zero-order chi connectivity index (χ0) is 16.0. The molecule has 4 nitrogen and oxygen atoms in total. The predicted molar refractivity (Wildman–Crippen MR) is 92.3 cm³/mol. The molecule has 1 fully saturated rings. The number of alkyl carbamates (subject to hydrolysis) is 1. The fourth-order valence-corrected chi connectivity index (χ4v) is 3.39. The van der Waals surface area contributed by atoms with E-state index in [9.17, 15) is 4.79 Å². The lowest BCUT2D eigenvalue weighted by Gasteiger charge is -2.31. The van der Waals surface area contributed by atoms with E-state index in [4.69, 9.17) is 4.74 Å². The van der Waals surface area contributed by atoms with E-state index in [1.165, 1.54) is 0 Å². The summed E-state index contributed by atoms with van der Waals surface area (Å²) in [4.78, 5) is 14.5. The Balaban J connectivity index is 2.03. The predicted octanol–water partition coefficient (Wildman–Crippen LogP) is 3.30. The third-order valence-electron chi connectivity index (χ3n) is 3.44. The Labute approximate surface area is 137 Å².